The normalized spacial score (nSPS) is 27.0. The summed E-state index contributed by atoms with van der Waals surface area (Å²) >= 11 is 1.43. The molecule has 0 saturated heterocycles. The summed E-state index contributed by atoms with van der Waals surface area (Å²) in [7, 11) is 0. The average Bonchev–Trinajstić information content (AvgIpc) is 3.02. The van der Waals surface area contributed by atoms with E-state index in [0.29, 0.717) is 11.0 Å². The van der Waals surface area contributed by atoms with Crippen molar-refractivity contribution in [3.8, 4) is 0 Å². The summed E-state index contributed by atoms with van der Waals surface area (Å²) in [5, 5.41) is 11.7. The molecule has 4 nitrogen and oxygen atoms in total. The highest BCUT2D eigenvalue weighted by molar-refractivity contribution is 7.07. The van der Waals surface area contributed by atoms with Crippen LogP contribution in [0.1, 0.15) is 42.9 Å². The van der Waals surface area contributed by atoms with E-state index in [1.165, 1.54) is 11.3 Å². The zero-order valence-electron chi connectivity index (χ0n) is 15.5. The maximum atomic E-state index is 13.4. The van der Waals surface area contributed by atoms with Crippen molar-refractivity contribution in [2.24, 2.45) is 4.99 Å². The van der Waals surface area contributed by atoms with Gasteiger partial charge in [0.15, 0.2) is 4.80 Å². The van der Waals surface area contributed by atoms with Crippen molar-refractivity contribution in [1.29, 1.82) is 0 Å². The Hall–Kier alpha value is -2.50. The van der Waals surface area contributed by atoms with Crippen LogP contribution in [0.25, 0.3) is 6.08 Å². The van der Waals surface area contributed by atoms with Gasteiger partial charge in [0.25, 0.3) is 5.56 Å². The Labute approximate surface area is 167 Å². The molecule has 1 saturated carbocycles. The van der Waals surface area contributed by atoms with Crippen LogP contribution in [0.2, 0.25) is 0 Å². The molecule has 5 rings (SSSR count). The summed E-state index contributed by atoms with van der Waals surface area (Å²) < 4.78 is 2.39. The summed E-state index contributed by atoms with van der Waals surface area (Å²) in [6.07, 6.45) is 5.48. The lowest BCUT2D eigenvalue weighted by Gasteiger charge is -2.45. The first kappa shape index (κ1) is 17.6. The monoisotopic (exact) mass is 390 g/mol. The number of hydrogen-bond donors (Lipinski definition) is 1. The third-order valence-corrected chi connectivity index (χ3v) is 6.93. The van der Waals surface area contributed by atoms with Crippen LogP contribution in [0.3, 0.4) is 0 Å². The van der Waals surface area contributed by atoms with E-state index >= 15 is 0 Å². The molecule has 0 bridgehead atoms. The van der Waals surface area contributed by atoms with Gasteiger partial charge in [-0.25, -0.2) is 0 Å². The molecule has 1 aliphatic carbocycles. The van der Waals surface area contributed by atoms with Gasteiger partial charge in [-0.1, -0.05) is 84.8 Å². The van der Waals surface area contributed by atoms with E-state index in [2.05, 4.69) is 0 Å². The molecule has 0 spiro atoms. The molecule has 3 unspecified atom stereocenters. The molecule has 2 aliphatic rings. The van der Waals surface area contributed by atoms with E-state index < -0.39 is 11.6 Å². The van der Waals surface area contributed by atoms with Crippen molar-refractivity contribution in [2.75, 3.05) is 0 Å². The van der Waals surface area contributed by atoms with E-state index in [1.807, 2.05) is 66.7 Å². The number of hydrogen-bond acceptors (Lipinski definition) is 4. The number of aliphatic hydroxyl groups is 1. The minimum Gasteiger partial charge on any atom is -0.385 e. The summed E-state index contributed by atoms with van der Waals surface area (Å²) in [5.41, 5.74) is 0.880. The first-order valence-corrected chi connectivity index (χ1v) is 10.6. The number of fused-ring (bicyclic) bond motifs is 2. The fourth-order valence-electron chi connectivity index (χ4n) is 4.59. The van der Waals surface area contributed by atoms with Crippen LogP contribution >= 0.6 is 11.3 Å². The lowest BCUT2D eigenvalue weighted by molar-refractivity contribution is -0.0560. The second-order valence-corrected chi connectivity index (χ2v) is 8.68. The molecule has 3 aromatic rings. The number of nitrogens with zero attached hydrogens (tertiary/aromatic N) is 2. The SMILES string of the molecule is O=c1/c(=C\c2ccccc2)sc2n1C(c1ccccc1)C1(O)CCCCC1N=2. The predicted molar refractivity (Wildman–Crippen MR) is 111 cm³/mol. The smallest absolute Gasteiger partial charge is 0.270 e. The van der Waals surface area contributed by atoms with Crippen LogP contribution < -0.4 is 14.9 Å². The molecule has 1 fully saturated rings. The van der Waals surface area contributed by atoms with Gasteiger partial charge in [0, 0.05) is 0 Å². The topological polar surface area (TPSA) is 54.6 Å². The second-order valence-electron chi connectivity index (χ2n) is 7.67. The molecular weight excluding hydrogens is 368 g/mol. The van der Waals surface area contributed by atoms with Crippen LogP contribution in [-0.2, 0) is 0 Å². The maximum absolute atomic E-state index is 13.4. The number of thiazole rings is 1. The van der Waals surface area contributed by atoms with Gasteiger partial charge in [-0.15, -0.1) is 0 Å². The molecule has 142 valence electrons. The third kappa shape index (κ3) is 2.77. The Kier molecular flexibility index (Phi) is 4.29. The molecule has 28 heavy (non-hydrogen) atoms. The fraction of sp³-hybridized carbons (Fsp3) is 0.304. The number of aromatic nitrogens is 1. The van der Waals surface area contributed by atoms with Crippen molar-refractivity contribution < 1.29 is 5.11 Å². The highest BCUT2D eigenvalue weighted by Gasteiger charge is 2.50. The van der Waals surface area contributed by atoms with Gasteiger partial charge in [0.2, 0.25) is 0 Å². The molecule has 1 N–H and O–H groups in total. The van der Waals surface area contributed by atoms with Crippen LogP contribution in [0, 0.1) is 0 Å². The summed E-state index contributed by atoms with van der Waals surface area (Å²) in [5.74, 6) is 0. The lowest BCUT2D eigenvalue weighted by atomic mass is 9.73. The summed E-state index contributed by atoms with van der Waals surface area (Å²) in [6.45, 7) is 0. The minimum atomic E-state index is -1.01. The molecular formula is C23H22N2O2S. The molecule has 3 atom stereocenters. The molecule has 0 radical (unpaired) electrons. The Morgan fingerprint density at radius 2 is 1.79 bits per heavy atom. The van der Waals surface area contributed by atoms with Gasteiger partial charge in [-0.05, 0) is 30.0 Å². The Balaban J connectivity index is 1.77. The molecule has 2 heterocycles. The summed E-state index contributed by atoms with van der Waals surface area (Å²) in [6, 6.07) is 19.2. The molecule has 2 aromatic carbocycles. The van der Waals surface area contributed by atoms with Crippen molar-refractivity contribution in [1.82, 2.24) is 4.57 Å². The molecule has 0 amide bonds. The van der Waals surface area contributed by atoms with Crippen LogP contribution in [-0.4, -0.2) is 21.3 Å². The Morgan fingerprint density at radius 1 is 1.07 bits per heavy atom. The second kappa shape index (κ2) is 6.83. The maximum Gasteiger partial charge on any atom is 0.270 e. The number of rotatable bonds is 2. The third-order valence-electron chi connectivity index (χ3n) is 5.93. The van der Waals surface area contributed by atoms with E-state index in [0.717, 1.165) is 35.2 Å². The zero-order chi connectivity index (χ0) is 19.1. The van der Waals surface area contributed by atoms with E-state index in [9.17, 15) is 9.90 Å². The molecule has 1 aromatic heterocycles. The van der Waals surface area contributed by atoms with E-state index in [1.54, 1.807) is 4.57 Å². The Bertz CT molecular complexity index is 1170. The highest BCUT2D eigenvalue weighted by atomic mass is 32.1. The van der Waals surface area contributed by atoms with E-state index in [-0.39, 0.29) is 11.6 Å². The quantitative estimate of drug-likeness (QED) is 0.731. The van der Waals surface area contributed by atoms with Gasteiger partial charge in [0.1, 0.15) is 5.60 Å². The lowest BCUT2D eigenvalue weighted by Crippen LogP contribution is -2.58. The first-order valence-electron chi connectivity index (χ1n) is 9.80. The predicted octanol–water partition coefficient (Wildman–Crippen LogP) is 2.63. The largest absolute Gasteiger partial charge is 0.385 e. The van der Waals surface area contributed by atoms with E-state index in [4.69, 9.17) is 4.99 Å². The van der Waals surface area contributed by atoms with Gasteiger partial charge in [0.05, 0.1) is 16.6 Å². The van der Waals surface area contributed by atoms with Gasteiger partial charge < -0.3 is 5.11 Å². The van der Waals surface area contributed by atoms with Gasteiger partial charge in [-0.3, -0.25) is 14.4 Å². The van der Waals surface area contributed by atoms with Crippen molar-refractivity contribution in [3.63, 3.8) is 0 Å². The van der Waals surface area contributed by atoms with Gasteiger partial charge in [-0.2, -0.15) is 0 Å². The first-order chi connectivity index (χ1) is 13.7. The average molecular weight is 391 g/mol. The Morgan fingerprint density at radius 3 is 2.54 bits per heavy atom. The zero-order valence-corrected chi connectivity index (χ0v) is 16.3. The van der Waals surface area contributed by atoms with Crippen molar-refractivity contribution >= 4 is 17.4 Å². The molecule has 5 heteroatoms. The standard InChI is InChI=1S/C23H22N2O2S/c26-21-18(15-16-9-3-1-4-10-16)28-22-24-19-13-7-8-14-23(19,27)20(25(21)22)17-11-5-2-6-12-17/h1-6,9-12,15,19-20,27H,7-8,13-14H2/b18-15+. The van der Waals surface area contributed by atoms with Crippen LogP contribution in [0.5, 0.6) is 0 Å². The van der Waals surface area contributed by atoms with Crippen LogP contribution in [0.15, 0.2) is 70.5 Å². The highest BCUT2D eigenvalue weighted by Crippen LogP contribution is 2.42. The van der Waals surface area contributed by atoms with Crippen molar-refractivity contribution in [2.45, 2.75) is 43.4 Å². The van der Waals surface area contributed by atoms with Gasteiger partial charge >= 0.3 is 0 Å². The molecule has 1 aliphatic heterocycles. The van der Waals surface area contributed by atoms with Crippen LogP contribution in [0.4, 0.5) is 0 Å². The van der Waals surface area contributed by atoms with Crippen molar-refractivity contribution in [3.05, 3.63) is 91.5 Å². The minimum absolute atomic E-state index is 0.0705. The fourth-order valence-corrected chi connectivity index (χ4v) is 5.64. The number of benzene rings is 2. The summed E-state index contributed by atoms with van der Waals surface area (Å²) in [4.78, 5) is 19.0.